The molecule has 0 aliphatic carbocycles. The molecule has 0 aromatic carbocycles. The fourth-order valence-corrected chi connectivity index (χ4v) is 1.89. The van der Waals surface area contributed by atoms with Crippen LogP contribution < -0.4 is 22.1 Å². The Kier molecular flexibility index (Phi) is 2.75. The Balaban J connectivity index is 2.29. The summed E-state index contributed by atoms with van der Waals surface area (Å²) in [5.41, 5.74) is 11.0. The summed E-state index contributed by atoms with van der Waals surface area (Å²) < 4.78 is 0. The van der Waals surface area contributed by atoms with Crippen LogP contribution in [0.1, 0.15) is 0 Å². The molecule has 3 atom stereocenters. The molecule has 2 amide bonds. The van der Waals surface area contributed by atoms with E-state index in [1.54, 1.807) is 0 Å². The first-order chi connectivity index (χ1) is 7.67. The Hall–Kier alpha value is -1.67. The summed E-state index contributed by atoms with van der Waals surface area (Å²) in [6.07, 6.45) is -0.0416. The number of aliphatic imine (C=N–C) groups is 1. The molecule has 0 radical (unpaired) electrons. The summed E-state index contributed by atoms with van der Waals surface area (Å²) in [6, 6.07) is -0.979. The van der Waals surface area contributed by atoms with Gasteiger partial charge in [-0.2, -0.15) is 0 Å². The second kappa shape index (κ2) is 4.06. The summed E-state index contributed by atoms with van der Waals surface area (Å²) in [5.74, 6) is 0.0864. The number of carbonyl (C=O) groups is 2. The van der Waals surface area contributed by atoms with Crippen LogP contribution in [0.15, 0.2) is 4.99 Å². The van der Waals surface area contributed by atoms with E-state index in [4.69, 9.17) is 11.5 Å². The van der Waals surface area contributed by atoms with Crippen molar-refractivity contribution in [3.8, 4) is 0 Å². The van der Waals surface area contributed by atoms with Gasteiger partial charge in [-0.25, -0.2) is 0 Å². The average Bonchev–Trinajstić information content (AvgIpc) is 2.27. The maximum absolute atomic E-state index is 11.7. The minimum Gasteiger partial charge on any atom is -0.340 e. The van der Waals surface area contributed by atoms with Crippen molar-refractivity contribution < 1.29 is 9.59 Å². The van der Waals surface area contributed by atoms with E-state index in [1.165, 1.54) is 4.90 Å². The first-order valence-electron chi connectivity index (χ1n) is 4.97. The second-order valence-corrected chi connectivity index (χ2v) is 3.70. The van der Waals surface area contributed by atoms with Gasteiger partial charge in [0.15, 0.2) is 12.3 Å². The molecule has 16 heavy (non-hydrogen) atoms. The van der Waals surface area contributed by atoms with Crippen LogP contribution in [0.2, 0.25) is 0 Å². The van der Waals surface area contributed by atoms with E-state index in [-0.39, 0.29) is 18.5 Å². The number of nitrogens with two attached hydrogens (primary N) is 2. The topological polar surface area (TPSA) is 126 Å². The number of fused-ring (bicyclic) bond motifs is 1. The van der Waals surface area contributed by atoms with Crippen LogP contribution in [0.4, 0.5) is 0 Å². The monoisotopic (exact) mass is 226 g/mol. The number of nitrogens with one attached hydrogen (secondary N) is 2. The number of carbonyl (C=O) groups excluding carboxylic acids is 2. The van der Waals surface area contributed by atoms with Crippen molar-refractivity contribution in [1.29, 1.82) is 0 Å². The van der Waals surface area contributed by atoms with Crippen LogP contribution in [0.5, 0.6) is 0 Å². The van der Waals surface area contributed by atoms with Crippen molar-refractivity contribution in [2.75, 3.05) is 13.1 Å². The van der Waals surface area contributed by atoms with Gasteiger partial charge in [-0.15, -0.1) is 0 Å². The summed E-state index contributed by atoms with van der Waals surface area (Å²) in [4.78, 5) is 28.3. The van der Waals surface area contributed by atoms with E-state index < -0.39 is 12.3 Å². The zero-order valence-electron chi connectivity index (χ0n) is 8.59. The molecule has 2 heterocycles. The quantitative estimate of drug-likeness (QED) is 0.364. The molecule has 6 N–H and O–H groups in total. The van der Waals surface area contributed by atoms with Crippen molar-refractivity contribution >= 4 is 18.2 Å². The van der Waals surface area contributed by atoms with Crippen molar-refractivity contribution in [3.05, 3.63) is 0 Å². The van der Waals surface area contributed by atoms with Gasteiger partial charge < -0.3 is 21.3 Å². The molecule has 1 fully saturated rings. The molecule has 8 heteroatoms. The normalized spacial score (nSPS) is 33.4. The van der Waals surface area contributed by atoms with Crippen molar-refractivity contribution in [1.82, 2.24) is 15.5 Å². The minimum atomic E-state index is -0.736. The van der Waals surface area contributed by atoms with Crippen molar-refractivity contribution in [2.24, 2.45) is 16.5 Å². The highest BCUT2D eigenvalue weighted by molar-refractivity contribution is 6.10. The van der Waals surface area contributed by atoms with Gasteiger partial charge in [0, 0.05) is 6.54 Å². The number of hydrogen-bond acceptors (Lipinski definition) is 6. The summed E-state index contributed by atoms with van der Waals surface area (Å²) in [5, 5.41) is 5.30. The molecule has 0 aromatic heterocycles. The molecule has 8 nitrogen and oxygen atoms in total. The zero-order chi connectivity index (χ0) is 11.7. The Morgan fingerprint density at radius 2 is 2.31 bits per heavy atom. The number of nitrogens with zero attached hydrogens (tertiary/aromatic N) is 2. The second-order valence-electron chi connectivity index (χ2n) is 3.70. The van der Waals surface area contributed by atoms with Crippen LogP contribution in [0.3, 0.4) is 0 Å². The summed E-state index contributed by atoms with van der Waals surface area (Å²) in [6.45, 7) is 0.652. The first kappa shape index (κ1) is 10.8. The summed E-state index contributed by atoms with van der Waals surface area (Å²) >= 11 is 0. The first-order valence-corrected chi connectivity index (χ1v) is 4.97. The molecule has 0 saturated carbocycles. The van der Waals surface area contributed by atoms with E-state index >= 15 is 0 Å². The number of hydrogen-bond donors (Lipinski definition) is 4. The molecule has 2 aliphatic heterocycles. The molecule has 2 rings (SSSR count). The van der Waals surface area contributed by atoms with E-state index in [0.717, 1.165) is 0 Å². The smallest absolute Gasteiger partial charge is 0.253 e. The van der Waals surface area contributed by atoms with E-state index in [2.05, 4.69) is 15.6 Å². The molecule has 0 spiro atoms. The third-order valence-corrected chi connectivity index (χ3v) is 2.69. The van der Waals surface area contributed by atoms with Gasteiger partial charge in [-0.05, 0) is 0 Å². The molecule has 1 saturated heterocycles. The van der Waals surface area contributed by atoms with Gasteiger partial charge in [0.2, 0.25) is 6.41 Å². The minimum absolute atomic E-state index is 0.242. The molecule has 88 valence electrons. The highest BCUT2D eigenvalue weighted by Crippen LogP contribution is 2.13. The van der Waals surface area contributed by atoms with Crippen molar-refractivity contribution in [3.63, 3.8) is 0 Å². The Bertz CT molecular complexity index is 343. The lowest BCUT2D eigenvalue weighted by Crippen LogP contribution is -2.72. The largest absolute Gasteiger partial charge is 0.340 e. The molecule has 2 unspecified atom stereocenters. The zero-order valence-corrected chi connectivity index (χ0v) is 8.59. The molecule has 0 bridgehead atoms. The van der Waals surface area contributed by atoms with Crippen LogP contribution in [0.25, 0.3) is 0 Å². The van der Waals surface area contributed by atoms with Crippen LogP contribution >= 0.6 is 0 Å². The number of amidine groups is 1. The SMILES string of the molecule is NC[C@@H]1CN=C2NC(N)NC(=O)C2N1C=O. The Morgan fingerprint density at radius 1 is 1.56 bits per heavy atom. The van der Waals surface area contributed by atoms with Gasteiger partial charge in [0.1, 0.15) is 5.84 Å². The average molecular weight is 226 g/mol. The van der Waals surface area contributed by atoms with Crippen LogP contribution in [-0.4, -0.2) is 54.5 Å². The Morgan fingerprint density at radius 3 is 2.94 bits per heavy atom. The summed E-state index contributed by atoms with van der Waals surface area (Å²) in [7, 11) is 0. The molecular weight excluding hydrogens is 212 g/mol. The van der Waals surface area contributed by atoms with Gasteiger partial charge in [0.05, 0.1) is 12.6 Å². The van der Waals surface area contributed by atoms with E-state index in [1.807, 2.05) is 0 Å². The van der Waals surface area contributed by atoms with Crippen LogP contribution in [0, 0.1) is 0 Å². The fourth-order valence-electron chi connectivity index (χ4n) is 1.89. The predicted molar refractivity (Wildman–Crippen MR) is 56.1 cm³/mol. The van der Waals surface area contributed by atoms with Gasteiger partial charge in [-0.3, -0.25) is 20.3 Å². The van der Waals surface area contributed by atoms with E-state index in [0.29, 0.717) is 18.8 Å². The fraction of sp³-hybridized carbons (Fsp3) is 0.625. The molecule has 0 aromatic rings. The number of amides is 2. The maximum atomic E-state index is 11.7. The lowest BCUT2D eigenvalue weighted by atomic mass is 10.1. The van der Waals surface area contributed by atoms with Crippen LogP contribution in [-0.2, 0) is 9.59 Å². The lowest BCUT2D eigenvalue weighted by molar-refractivity contribution is -0.133. The standard InChI is InChI=1S/C8H14N6O2/c9-1-4-2-11-6-5(14(4)3-15)7(16)13-8(10)12-6/h3-5,8H,1-2,9-10H2,(H,11,12)(H,13,16)/t4-,5?,8?/m1/s1. The maximum Gasteiger partial charge on any atom is 0.253 e. The number of rotatable bonds is 2. The lowest BCUT2D eigenvalue weighted by Gasteiger charge is -2.41. The highest BCUT2D eigenvalue weighted by atomic mass is 16.2. The van der Waals surface area contributed by atoms with E-state index in [9.17, 15) is 9.59 Å². The third kappa shape index (κ3) is 1.61. The van der Waals surface area contributed by atoms with Gasteiger partial charge in [-0.1, -0.05) is 0 Å². The third-order valence-electron chi connectivity index (χ3n) is 2.69. The van der Waals surface area contributed by atoms with Gasteiger partial charge >= 0.3 is 0 Å². The highest BCUT2D eigenvalue weighted by Gasteiger charge is 2.41. The Labute approximate surface area is 92.0 Å². The van der Waals surface area contributed by atoms with Gasteiger partial charge in [0.25, 0.3) is 5.91 Å². The predicted octanol–water partition coefficient (Wildman–Crippen LogP) is -3.49. The molecular formula is C8H14N6O2. The van der Waals surface area contributed by atoms with Crippen molar-refractivity contribution in [2.45, 2.75) is 18.4 Å². The molecule has 2 aliphatic rings.